The van der Waals surface area contributed by atoms with Crippen LogP contribution >= 0.6 is 0 Å². The van der Waals surface area contributed by atoms with Crippen LogP contribution in [0.4, 0.5) is 0 Å². The molecule has 0 atom stereocenters. The quantitative estimate of drug-likeness (QED) is 0.661. The van der Waals surface area contributed by atoms with Crippen molar-refractivity contribution in [1.29, 1.82) is 0 Å². The Hall–Kier alpha value is -2.22. The normalized spacial score (nSPS) is 11.5. The number of hydrogen-bond acceptors (Lipinski definition) is 2. The lowest BCUT2D eigenvalue weighted by molar-refractivity contribution is 0.465. The first kappa shape index (κ1) is 18.1. The molecule has 0 fully saturated rings. The maximum atomic E-state index is 10.1. The average Bonchev–Trinajstić information content (AvgIpc) is 2.56. The van der Waals surface area contributed by atoms with Crippen molar-refractivity contribution >= 4 is 0 Å². The van der Waals surface area contributed by atoms with Crippen molar-refractivity contribution in [2.75, 3.05) is 0 Å². The van der Waals surface area contributed by atoms with Gasteiger partial charge >= 0.3 is 0 Å². The van der Waals surface area contributed by atoms with Crippen LogP contribution in [0.3, 0.4) is 0 Å². The van der Waals surface area contributed by atoms with Crippen molar-refractivity contribution in [1.82, 2.24) is 0 Å². The zero-order chi connectivity index (χ0) is 17.7. The van der Waals surface area contributed by atoms with Crippen molar-refractivity contribution in [3.63, 3.8) is 0 Å². The van der Waals surface area contributed by atoms with Crippen LogP contribution in [-0.2, 0) is 18.3 Å². The lowest BCUT2D eigenvalue weighted by Gasteiger charge is -2.27. The second-order valence-corrected chi connectivity index (χ2v) is 6.91. The highest BCUT2D eigenvalue weighted by molar-refractivity contribution is 5.47. The zero-order valence-corrected chi connectivity index (χ0v) is 15.0. The third-order valence-corrected chi connectivity index (χ3v) is 4.77. The summed E-state index contributed by atoms with van der Waals surface area (Å²) in [6, 6.07) is 11.7. The Morgan fingerprint density at radius 1 is 0.958 bits per heavy atom. The Morgan fingerprint density at radius 3 is 2.04 bits per heavy atom. The van der Waals surface area contributed by atoms with Crippen molar-refractivity contribution < 1.29 is 10.2 Å². The SMILES string of the molecule is C=CCc1cc(C(C)(C)c2ccc(O)c(CCCC)c2)ccc1O. The Bertz CT molecular complexity index is 714. The summed E-state index contributed by atoms with van der Waals surface area (Å²) < 4.78 is 0. The monoisotopic (exact) mass is 324 g/mol. The Labute approximate surface area is 145 Å². The Kier molecular flexibility index (Phi) is 5.71. The van der Waals surface area contributed by atoms with Gasteiger partial charge in [0.15, 0.2) is 0 Å². The second-order valence-electron chi connectivity index (χ2n) is 6.91. The molecule has 2 heteroatoms. The zero-order valence-electron chi connectivity index (χ0n) is 15.0. The molecule has 24 heavy (non-hydrogen) atoms. The summed E-state index contributed by atoms with van der Waals surface area (Å²) in [5.74, 6) is 0.685. The van der Waals surface area contributed by atoms with E-state index in [0.29, 0.717) is 17.9 Å². The van der Waals surface area contributed by atoms with Crippen LogP contribution in [0.25, 0.3) is 0 Å². The standard InChI is InChI=1S/C22H28O2/c1-5-7-9-17-15-19(11-13-21(17)24)22(3,4)18-10-12-20(23)16(14-18)8-6-2/h6,10-15,23-24H,2,5,7-9H2,1,3-4H3. The van der Waals surface area contributed by atoms with Gasteiger partial charge in [-0.05, 0) is 53.6 Å². The van der Waals surface area contributed by atoms with Crippen LogP contribution in [0.15, 0.2) is 49.1 Å². The molecule has 0 radical (unpaired) electrons. The van der Waals surface area contributed by atoms with Crippen LogP contribution in [0.5, 0.6) is 11.5 Å². The number of aromatic hydroxyl groups is 2. The number of rotatable bonds is 7. The van der Waals surface area contributed by atoms with Crippen molar-refractivity contribution in [3.8, 4) is 11.5 Å². The highest BCUT2D eigenvalue weighted by Gasteiger charge is 2.24. The van der Waals surface area contributed by atoms with Crippen molar-refractivity contribution in [3.05, 3.63) is 71.3 Å². The summed E-state index contributed by atoms with van der Waals surface area (Å²) >= 11 is 0. The molecule has 0 bridgehead atoms. The fourth-order valence-electron chi connectivity index (χ4n) is 3.00. The van der Waals surface area contributed by atoms with E-state index in [4.69, 9.17) is 0 Å². The first-order chi connectivity index (χ1) is 11.4. The molecule has 0 aliphatic rings. The van der Waals surface area contributed by atoms with E-state index in [1.54, 1.807) is 18.2 Å². The number of phenols is 2. The first-order valence-corrected chi connectivity index (χ1v) is 8.65. The van der Waals surface area contributed by atoms with Crippen molar-refractivity contribution in [2.24, 2.45) is 0 Å². The lowest BCUT2D eigenvalue weighted by atomic mass is 9.76. The minimum atomic E-state index is -0.210. The summed E-state index contributed by atoms with van der Waals surface area (Å²) in [6.07, 6.45) is 5.52. The minimum absolute atomic E-state index is 0.210. The maximum Gasteiger partial charge on any atom is 0.119 e. The largest absolute Gasteiger partial charge is 0.508 e. The van der Waals surface area contributed by atoms with E-state index in [9.17, 15) is 10.2 Å². The van der Waals surface area contributed by atoms with E-state index in [2.05, 4.69) is 39.5 Å². The van der Waals surface area contributed by atoms with Gasteiger partial charge in [-0.3, -0.25) is 0 Å². The van der Waals surface area contributed by atoms with E-state index >= 15 is 0 Å². The van der Waals surface area contributed by atoms with Crippen LogP contribution in [0, 0.1) is 0 Å². The van der Waals surface area contributed by atoms with Crippen LogP contribution in [-0.4, -0.2) is 10.2 Å². The van der Waals surface area contributed by atoms with Crippen LogP contribution < -0.4 is 0 Å². The summed E-state index contributed by atoms with van der Waals surface area (Å²) in [5.41, 5.74) is 4.00. The number of aryl methyl sites for hydroxylation is 1. The third kappa shape index (κ3) is 3.81. The van der Waals surface area contributed by atoms with E-state index < -0.39 is 0 Å². The fraction of sp³-hybridized carbons (Fsp3) is 0.364. The van der Waals surface area contributed by atoms with E-state index in [0.717, 1.165) is 36.0 Å². The van der Waals surface area contributed by atoms with E-state index in [-0.39, 0.29) is 5.41 Å². The maximum absolute atomic E-state index is 10.1. The molecule has 0 aromatic heterocycles. The molecular weight excluding hydrogens is 296 g/mol. The van der Waals surface area contributed by atoms with Gasteiger partial charge in [0.1, 0.15) is 11.5 Å². The van der Waals surface area contributed by atoms with Gasteiger partial charge in [-0.15, -0.1) is 6.58 Å². The lowest BCUT2D eigenvalue weighted by Crippen LogP contribution is -2.19. The molecule has 0 spiro atoms. The molecule has 2 aromatic rings. The smallest absolute Gasteiger partial charge is 0.119 e. The number of allylic oxidation sites excluding steroid dienone is 1. The number of phenolic OH excluding ortho intramolecular Hbond substituents is 2. The number of benzene rings is 2. The fourth-order valence-corrected chi connectivity index (χ4v) is 3.00. The van der Waals surface area contributed by atoms with Crippen LogP contribution in [0.1, 0.15) is 55.9 Å². The molecule has 2 aromatic carbocycles. The molecule has 2 nitrogen and oxygen atoms in total. The van der Waals surface area contributed by atoms with Gasteiger partial charge in [0.05, 0.1) is 0 Å². The van der Waals surface area contributed by atoms with Crippen LogP contribution in [0.2, 0.25) is 0 Å². The number of unbranched alkanes of at least 4 members (excludes halogenated alkanes) is 1. The van der Waals surface area contributed by atoms with Gasteiger partial charge in [0, 0.05) is 5.41 Å². The molecule has 128 valence electrons. The van der Waals surface area contributed by atoms with Gasteiger partial charge in [-0.2, -0.15) is 0 Å². The topological polar surface area (TPSA) is 40.5 Å². The Morgan fingerprint density at radius 2 is 1.50 bits per heavy atom. The Balaban J connectivity index is 2.42. The molecule has 0 amide bonds. The molecule has 0 saturated carbocycles. The van der Waals surface area contributed by atoms with Gasteiger partial charge in [-0.25, -0.2) is 0 Å². The highest BCUT2D eigenvalue weighted by Crippen LogP contribution is 2.36. The summed E-state index contributed by atoms with van der Waals surface area (Å²) in [7, 11) is 0. The predicted molar refractivity (Wildman–Crippen MR) is 101 cm³/mol. The molecule has 0 aliphatic heterocycles. The first-order valence-electron chi connectivity index (χ1n) is 8.65. The van der Waals surface area contributed by atoms with Gasteiger partial charge in [0.2, 0.25) is 0 Å². The third-order valence-electron chi connectivity index (χ3n) is 4.77. The molecular formula is C22H28O2. The van der Waals surface area contributed by atoms with Gasteiger partial charge < -0.3 is 10.2 Å². The van der Waals surface area contributed by atoms with Crippen molar-refractivity contribution in [2.45, 2.75) is 51.9 Å². The molecule has 2 N–H and O–H groups in total. The summed E-state index contributed by atoms with van der Waals surface area (Å²) in [6.45, 7) is 10.3. The molecule has 0 heterocycles. The minimum Gasteiger partial charge on any atom is -0.508 e. The molecule has 2 rings (SSSR count). The summed E-state index contributed by atoms with van der Waals surface area (Å²) in [5, 5.41) is 20.1. The summed E-state index contributed by atoms with van der Waals surface area (Å²) in [4.78, 5) is 0. The predicted octanol–water partition coefficient (Wildman–Crippen LogP) is 5.49. The van der Waals surface area contributed by atoms with Gasteiger partial charge in [0.25, 0.3) is 0 Å². The second kappa shape index (κ2) is 7.57. The highest BCUT2D eigenvalue weighted by atomic mass is 16.3. The van der Waals surface area contributed by atoms with E-state index in [1.165, 1.54) is 5.56 Å². The average molecular weight is 324 g/mol. The number of hydrogen-bond donors (Lipinski definition) is 2. The molecule has 0 saturated heterocycles. The molecule has 0 aliphatic carbocycles. The van der Waals surface area contributed by atoms with Gasteiger partial charge in [-0.1, -0.05) is 57.5 Å². The molecule has 0 unspecified atom stereocenters. The van der Waals surface area contributed by atoms with E-state index in [1.807, 2.05) is 12.1 Å².